The molecule has 0 saturated heterocycles. The van der Waals surface area contributed by atoms with E-state index in [1.54, 1.807) is 7.11 Å². The molecule has 1 aromatic rings. The van der Waals surface area contributed by atoms with Gasteiger partial charge in [-0.05, 0) is 18.1 Å². The number of anilines is 1. The Labute approximate surface area is 104 Å². The number of carboxylic acids is 1. The summed E-state index contributed by atoms with van der Waals surface area (Å²) < 4.78 is 31.8. The number of methoxy groups -OCH3 is 1. The normalized spacial score (nSPS) is 12.2. The number of nitrogens with one attached hydrogen (secondary N) is 1. The average molecular weight is 259 g/mol. The van der Waals surface area contributed by atoms with Gasteiger partial charge in [0.2, 0.25) is 0 Å². The summed E-state index contributed by atoms with van der Waals surface area (Å²) in [6.07, 6.45) is 0. The van der Waals surface area contributed by atoms with Crippen molar-refractivity contribution in [2.75, 3.05) is 25.6 Å². The summed E-state index contributed by atoms with van der Waals surface area (Å²) in [4.78, 5) is 10.6. The summed E-state index contributed by atoms with van der Waals surface area (Å²) in [5.41, 5.74) is -0.733. The van der Waals surface area contributed by atoms with Crippen molar-refractivity contribution < 1.29 is 23.4 Å². The summed E-state index contributed by atoms with van der Waals surface area (Å²) in [6.45, 7) is 2.78. The van der Waals surface area contributed by atoms with E-state index < -0.39 is 23.2 Å². The van der Waals surface area contributed by atoms with Crippen molar-refractivity contribution in [3.8, 4) is 0 Å². The van der Waals surface area contributed by atoms with E-state index in [1.807, 2.05) is 6.92 Å². The summed E-state index contributed by atoms with van der Waals surface area (Å²) in [5.74, 6) is -3.91. The lowest BCUT2D eigenvalue weighted by atomic mass is 10.1. The predicted molar refractivity (Wildman–Crippen MR) is 62.8 cm³/mol. The molecule has 0 aromatic heterocycles. The fraction of sp³-hybridized carbons (Fsp3) is 0.417. The number of carbonyl (C=O) groups is 1. The van der Waals surface area contributed by atoms with E-state index in [2.05, 4.69) is 5.32 Å². The molecule has 1 unspecified atom stereocenters. The van der Waals surface area contributed by atoms with Crippen LogP contribution in [0.4, 0.5) is 14.5 Å². The highest BCUT2D eigenvalue weighted by molar-refractivity contribution is 5.88. The Bertz CT molecular complexity index is 438. The molecule has 0 aliphatic rings. The van der Waals surface area contributed by atoms with Gasteiger partial charge in [0.05, 0.1) is 17.9 Å². The summed E-state index contributed by atoms with van der Waals surface area (Å²) in [6, 6.07) is 2.24. The molecule has 6 heteroatoms. The lowest BCUT2D eigenvalue weighted by Gasteiger charge is -2.13. The van der Waals surface area contributed by atoms with Crippen LogP contribution in [-0.4, -0.2) is 31.3 Å². The lowest BCUT2D eigenvalue weighted by Crippen LogP contribution is -2.17. The van der Waals surface area contributed by atoms with Crippen LogP contribution in [0.3, 0.4) is 0 Å². The molecule has 0 bridgehead atoms. The molecule has 0 heterocycles. The Balaban J connectivity index is 2.79. The van der Waals surface area contributed by atoms with Gasteiger partial charge in [0, 0.05) is 13.7 Å². The van der Waals surface area contributed by atoms with Crippen LogP contribution < -0.4 is 5.32 Å². The average Bonchev–Trinajstić information content (AvgIpc) is 2.31. The van der Waals surface area contributed by atoms with Crippen molar-refractivity contribution in [1.29, 1.82) is 0 Å². The number of ether oxygens (including phenoxy) is 1. The molecule has 1 rings (SSSR count). The first kappa shape index (κ1) is 14.4. The largest absolute Gasteiger partial charge is 0.478 e. The predicted octanol–water partition coefficient (Wildman–Crippen LogP) is 2.36. The highest BCUT2D eigenvalue weighted by atomic mass is 19.2. The molecule has 1 atom stereocenters. The van der Waals surface area contributed by atoms with Crippen molar-refractivity contribution in [1.82, 2.24) is 0 Å². The smallest absolute Gasteiger partial charge is 0.338 e. The summed E-state index contributed by atoms with van der Waals surface area (Å²) in [5, 5.41) is 11.3. The topological polar surface area (TPSA) is 58.6 Å². The van der Waals surface area contributed by atoms with Gasteiger partial charge in [0.1, 0.15) is 0 Å². The number of rotatable bonds is 6. The van der Waals surface area contributed by atoms with Gasteiger partial charge in [-0.1, -0.05) is 6.92 Å². The van der Waals surface area contributed by atoms with Gasteiger partial charge < -0.3 is 15.2 Å². The third-order valence-electron chi connectivity index (χ3n) is 2.40. The lowest BCUT2D eigenvalue weighted by molar-refractivity contribution is 0.0690. The molecule has 0 radical (unpaired) electrons. The Kier molecular flexibility index (Phi) is 5.03. The quantitative estimate of drug-likeness (QED) is 0.823. The molecule has 0 amide bonds. The molecule has 0 fully saturated rings. The zero-order valence-corrected chi connectivity index (χ0v) is 10.2. The van der Waals surface area contributed by atoms with Crippen LogP contribution in [0.15, 0.2) is 12.1 Å². The van der Waals surface area contributed by atoms with Gasteiger partial charge in [-0.25, -0.2) is 13.6 Å². The Hall–Kier alpha value is -1.69. The second-order valence-corrected chi connectivity index (χ2v) is 4.04. The van der Waals surface area contributed by atoms with E-state index >= 15 is 0 Å². The van der Waals surface area contributed by atoms with Crippen LogP contribution in [0.25, 0.3) is 0 Å². The van der Waals surface area contributed by atoms with Crippen LogP contribution in [0.1, 0.15) is 17.3 Å². The van der Waals surface area contributed by atoms with Gasteiger partial charge >= 0.3 is 5.97 Å². The van der Waals surface area contributed by atoms with Crippen LogP contribution in [0, 0.1) is 17.6 Å². The molecule has 4 nitrogen and oxygen atoms in total. The minimum atomic E-state index is -1.49. The first-order chi connectivity index (χ1) is 8.47. The molecular formula is C12H15F2NO3. The summed E-state index contributed by atoms with van der Waals surface area (Å²) in [7, 11) is 1.55. The summed E-state index contributed by atoms with van der Waals surface area (Å²) >= 11 is 0. The van der Waals surface area contributed by atoms with Crippen LogP contribution in [0.2, 0.25) is 0 Å². The van der Waals surface area contributed by atoms with E-state index in [-0.39, 0.29) is 11.6 Å². The van der Waals surface area contributed by atoms with Crippen LogP contribution >= 0.6 is 0 Å². The number of hydrogen-bond donors (Lipinski definition) is 2. The maximum Gasteiger partial charge on any atom is 0.338 e. The van der Waals surface area contributed by atoms with Crippen LogP contribution in [-0.2, 0) is 4.74 Å². The van der Waals surface area contributed by atoms with E-state index in [9.17, 15) is 13.6 Å². The fourth-order valence-corrected chi connectivity index (χ4v) is 1.48. The van der Waals surface area contributed by atoms with E-state index in [0.717, 1.165) is 6.07 Å². The van der Waals surface area contributed by atoms with E-state index in [4.69, 9.17) is 9.84 Å². The SMILES string of the molecule is COCC(C)CNc1ccc(C(=O)O)c(F)c1F. The van der Waals surface area contributed by atoms with Crippen LogP contribution in [0.5, 0.6) is 0 Å². The number of hydrogen-bond acceptors (Lipinski definition) is 3. The molecule has 0 aliphatic heterocycles. The molecule has 0 spiro atoms. The third-order valence-corrected chi connectivity index (χ3v) is 2.40. The standard InChI is InChI=1S/C12H15F2NO3/c1-7(6-18-2)5-15-9-4-3-8(12(16)17)10(13)11(9)14/h3-4,7,15H,5-6H2,1-2H3,(H,16,17). The van der Waals surface area contributed by atoms with Gasteiger partial charge in [0.25, 0.3) is 0 Å². The second-order valence-electron chi connectivity index (χ2n) is 4.04. The number of aromatic carboxylic acids is 1. The minimum Gasteiger partial charge on any atom is -0.478 e. The van der Waals surface area contributed by atoms with Gasteiger partial charge in [0.15, 0.2) is 11.6 Å². The Morgan fingerprint density at radius 3 is 2.67 bits per heavy atom. The number of carboxylic acid groups (broad SMARTS) is 1. The van der Waals surface area contributed by atoms with Crippen molar-refractivity contribution in [2.45, 2.75) is 6.92 Å². The maximum atomic E-state index is 13.5. The Morgan fingerprint density at radius 1 is 1.44 bits per heavy atom. The molecule has 18 heavy (non-hydrogen) atoms. The number of benzene rings is 1. The zero-order chi connectivity index (χ0) is 13.7. The zero-order valence-electron chi connectivity index (χ0n) is 10.2. The fourth-order valence-electron chi connectivity index (χ4n) is 1.48. The first-order valence-corrected chi connectivity index (χ1v) is 5.41. The molecule has 0 saturated carbocycles. The molecule has 2 N–H and O–H groups in total. The van der Waals surface area contributed by atoms with Crippen molar-refractivity contribution in [3.05, 3.63) is 29.3 Å². The monoisotopic (exact) mass is 259 g/mol. The second kappa shape index (κ2) is 6.30. The van der Waals surface area contributed by atoms with Crippen molar-refractivity contribution >= 4 is 11.7 Å². The number of halogens is 2. The highest BCUT2D eigenvalue weighted by Gasteiger charge is 2.17. The molecule has 1 aromatic carbocycles. The minimum absolute atomic E-state index is 0.0551. The maximum absolute atomic E-state index is 13.5. The first-order valence-electron chi connectivity index (χ1n) is 5.41. The van der Waals surface area contributed by atoms with Crippen molar-refractivity contribution in [3.63, 3.8) is 0 Å². The van der Waals surface area contributed by atoms with Gasteiger partial charge in [-0.2, -0.15) is 0 Å². The molecular weight excluding hydrogens is 244 g/mol. The van der Waals surface area contributed by atoms with Gasteiger partial charge in [-0.15, -0.1) is 0 Å². The molecule has 0 aliphatic carbocycles. The Morgan fingerprint density at radius 2 is 2.11 bits per heavy atom. The van der Waals surface area contributed by atoms with E-state index in [1.165, 1.54) is 6.07 Å². The van der Waals surface area contributed by atoms with Gasteiger partial charge in [-0.3, -0.25) is 0 Å². The van der Waals surface area contributed by atoms with Crippen molar-refractivity contribution in [2.24, 2.45) is 5.92 Å². The third kappa shape index (κ3) is 3.40. The van der Waals surface area contributed by atoms with E-state index in [0.29, 0.717) is 13.2 Å². The highest BCUT2D eigenvalue weighted by Crippen LogP contribution is 2.21. The molecule has 100 valence electrons.